The number of carbonyl (C=O) groups excluding carboxylic acids is 4. The van der Waals surface area contributed by atoms with Crippen molar-refractivity contribution in [1.82, 2.24) is 5.32 Å². The van der Waals surface area contributed by atoms with Gasteiger partial charge in [-0.25, -0.2) is 0 Å². The SMILES string of the molecule is C#CCNC(=O)CO[C@@H]1O[C@H](COC(C)=O)[C@H](OC(C)=O)[C@H](OC(C)=O)[C@H]1O. The Bertz CT molecular complexity index is 628. The van der Waals surface area contributed by atoms with Gasteiger partial charge in [-0.2, -0.15) is 0 Å². The van der Waals surface area contributed by atoms with Gasteiger partial charge < -0.3 is 34.1 Å². The van der Waals surface area contributed by atoms with Crippen LogP contribution in [0.3, 0.4) is 0 Å². The number of amides is 1. The van der Waals surface area contributed by atoms with Crippen LogP contribution in [-0.2, 0) is 42.9 Å². The summed E-state index contributed by atoms with van der Waals surface area (Å²) in [5, 5.41) is 12.8. The van der Waals surface area contributed by atoms with E-state index in [4.69, 9.17) is 30.1 Å². The zero-order valence-electron chi connectivity index (χ0n) is 15.7. The minimum atomic E-state index is -1.60. The monoisotopic (exact) mass is 401 g/mol. The van der Waals surface area contributed by atoms with Crippen molar-refractivity contribution in [3.8, 4) is 12.3 Å². The van der Waals surface area contributed by atoms with E-state index in [1.807, 2.05) is 0 Å². The molecule has 0 radical (unpaired) electrons. The van der Waals surface area contributed by atoms with Crippen LogP contribution in [0.1, 0.15) is 20.8 Å². The normalized spacial score (nSPS) is 26.5. The lowest BCUT2D eigenvalue weighted by atomic mass is 9.98. The summed E-state index contributed by atoms with van der Waals surface area (Å²) in [5.41, 5.74) is 0. The summed E-state index contributed by atoms with van der Waals surface area (Å²) in [4.78, 5) is 45.6. The van der Waals surface area contributed by atoms with E-state index < -0.39 is 61.1 Å². The molecule has 0 unspecified atom stereocenters. The predicted octanol–water partition coefficient (Wildman–Crippen LogP) is -1.74. The van der Waals surface area contributed by atoms with Gasteiger partial charge in [-0.1, -0.05) is 5.92 Å². The Morgan fingerprint density at radius 3 is 2.21 bits per heavy atom. The molecule has 2 N–H and O–H groups in total. The van der Waals surface area contributed by atoms with Crippen molar-refractivity contribution in [2.45, 2.75) is 51.5 Å². The molecular weight excluding hydrogens is 378 g/mol. The van der Waals surface area contributed by atoms with Gasteiger partial charge in [-0.3, -0.25) is 19.2 Å². The van der Waals surface area contributed by atoms with Crippen molar-refractivity contribution in [3.63, 3.8) is 0 Å². The van der Waals surface area contributed by atoms with E-state index in [0.717, 1.165) is 20.8 Å². The number of aliphatic hydroxyl groups is 1. The van der Waals surface area contributed by atoms with Gasteiger partial charge in [0.25, 0.3) is 0 Å². The van der Waals surface area contributed by atoms with Crippen molar-refractivity contribution in [3.05, 3.63) is 0 Å². The second-order valence-electron chi connectivity index (χ2n) is 5.78. The minimum absolute atomic E-state index is 0.0179. The number of hydrogen-bond acceptors (Lipinski definition) is 10. The molecule has 1 heterocycles. The van der Waals surface area contributed by atoms with E-state index in [0.29, 0.717) is 0 Å². The van der Waals surface area contributed by atoms with E-state index in [9.17, 15) is 24.3 Å². The first-order chi connectivity index (χ1) is 13.1. The Kier molecular flexibility index (Phi) is 9.37. The zero-order chi connectivity index (χ0) is 21.3. The van der Waals surface area contributed by atoms with Crippen molar-refractivity contribution in [1.29, 1.82) is 0 Å². The Hall–Kier alpha value is -2.68. The van der Waals surface area contributed by atoms with E-state index in [-0.39, 0.29) is 13.2 Å². The molecule has 1 rings (SSSR count). The van der Waals surface area contributed by atoms with Crippen LogP contribution in [-0.4, -0.2) is 79.4 Å². The van der Waals surface area contributed by atoms with Gasteiger partial charge in [-0.15, -0.1) is 6.42 Å². The lowest BCUT2D eigenvalue weighted by Crippen LogP contribution is -2.62. The number of esters is 3. The number of carbonyl (C=O) groups is 4. The van der Waals surface area contributed by atoms with Crippen molar-refractivity contribution in [2.24, 2.45) is 0 Å². The molecule has 0 aromatic heterocycles. The van der Waals surface area contributed by atoms with E-state index in [2.05, 4.69) is 11.2 Å². The molecule has 156 valence electrons. The average molecular weight is 401 g/mol. The number of terminal acetylenes is 1. The molecule has 11 heteroatoms. The molecule has 0 aromatic rings. The highest BCUT2D eigenvalue weighted by atomic mass is 16.7. The number of aliphatic hydroxyl groups excluding tert-OH is 1. The third-order valence-electron chi connectivity index (χ3n) is 3.44. The molecular formula is C17H23NO10. The van der Waals surface area contributed by atoms with Gasteiger partial charge in [-0.05, 0) is 0 Å². The predicted molar refractivity (Wildman–Crippen MR) is 90.2 cm³/mol. The second kappa shape index (κ2) is 11.2. The van der Waals surface area contributed by atoms with Gasteiger partial charge in [0.1, 0.15) is 25.4 Å². The number of rotatable bonds is 8. The first-order valence-corrected chi connectivity index (χ1v) is 8.28. The Morgan fingerprint density at radius 1 is 1.07 bits per heavy atom. The highest BCUT2D eigenvalue weighted by Gasteiger charge is 2.50. The third kappa shape index (κ3) is 7.51. The largest absolute Gasteiger partial charge is 0.463 e. The first kappa shape index (κ1) is 23.4. The molecule has 28 heavy (non-hydrogen) atoms. The van der Waals surface area contributed by atoms with Crippen LogP contribution >= 0.6 is 0 Å². The number of nitrogens with one attached hydrogen (secondary N) is 1. The highest BCUT2D eigenvalue weighted by molar-refractivity contribution is 5.77. The fraction of sp³-hybridized carbons (Fsp3) is 0.647. The molecule has 0 bridgehead atoms. The highest BCUT2D eigenvalue weighted by Crippen LogP contribution is 2.27. The van der Waals surface area contributed by atoms with Crippen LogP contribution in [0.5, 0.6) is 0 Å². The Labute approximate surface area is 161 Å². The standard InChI is InChI=1S/C17H23NO10/c1-5-6-18-13(22)8-25-17-14(23)16(27-11(4)21)15(26-10(3)20)12(28-17)7-24-9(2)19/h1,12,14-17,23H,6-8H2,2-4H3,(H,18,22)/t12-,14-,15+,16-,17-/m1/s1. The van der Waals surface area contributed by atoms with E-state index in [1.54, 1.807) is 0 Å². The quantitative estimate of drug-likeness (QED) is 0.273. The fourth-order valence-electron chi connectivity index (χ4n) is 2.38. The second-order valence-corrected chi connectivity index (χ2v) is 5.78. The summed E-state index contributed by atoms with van der Waals surface area (Å²) in [6.45, 7) is 2.45. The number of hydrogen-bond donors (Lipinski definition) is 2. The van der Waals surface area contributed by atoms with Crippen LogP contribution < -0.4 is 5.32 Å². The van der Waals surface area contributed by atoms with Crippen molar-refractivity contribution < 1.29 is 48.0 Å². The molecule has 11 nitrogen and oxygen atoms in total. The number of ether oxygens (including phenoxy) is 5. The molecule has 1 aliphatic rings. The maximum atomic E-state index is 11.6. The van der Waals surface area contributed by atoms with Gasteiger partial charge in [0.05, 0.1) is 6.54 Å². The summed E-state index contributed by atoms with van der Waals surface area (Å²) >= 11 is 0. The van der Waals surface area contributed by atoms with Crippen LogP contribution in [0, 0.1) is 12.3 Å². The lowest BCUT2D eigenvalue weighted by Gasteiger charge is -2.42. The summed E-state index contributed by atoms with van der Waals surface area (Å²) in [6.07, 6.45) is -1.78. The maximum absolute atomic E-state index is 11.6. The molecule has 1 saturated heterocycles. The van der Waals surface area contributed by atoms with Crippen LogP contribution in [0.4, 0.5) is 0 Å². The molecule has 0 saturated carbocycles. The lowest BCUT2D eigenvalue weighted by molar-refractivity contribution is -0.304. The molecule has 0 aliphatic carbocycles. The van der Waals surface area contributed by atoms with Gasteiger partial charge in [0.15, 0.2) is 18.5 Å². The zero-order valence-corrected chi connectivity index (χ0v) is 15.7. The molecule has 1 aliphatic heterocycles. The minimum Gasteiger partial charge on any atom is -0.463 e. The Morgan fingerprint density at radius 2 is 1.68 bits per heavy atom. The molecule has 0 aromatic carbocycles. The fourth-order valence-corrected chi connectivity index (χ4v) is 2.38. The van der Waals surface area contributed by atoms with Crippen LogP contribution in [0.25, 0.3) is 0 Å². The Balaban J connectivity index is 2.97. The average Bonchev–Trinajstić information content (AvgIpc) is 2.60. The van der Waals surface area contributed by atoms with Gasteiger partial charge in [0, 0.05) is 20.8 Å². The first-order valence-electron chi connectivity index (χ1n) is 8.28. The summed E-state index contributed by atoms with van der Waals surface area (Å²) in [7, 11) is 0. The van der Waals surface area contributed by atoms with Gasteiger partial charge in [0.2, 0.25) is 5.91 Å². The maximum Gasteiger partial charge on any atom is 0.303 e. The summed E-state index contributed by atoms with van der Waals surface area (Å²) in [5.74, 6) is -0.497. The smallest absolute Gasteiger partial charge is 0.303 e. The van der Waals surface area contributed by atoms with Gasteiger partial charge >= 0.3 is 17.9 Å². The summed E-state index contributed by atoms with van der Waals surface area (Å²) < 4.78 is 25.8. The molecule has 1 fully saturated rings. The third-order valence-corrected chi connectivity index (χ3v) is 3.44. The van der Waals surface area contributed by atoms with E-state index in [1.165, 1.54) is 0 Å². The van der Waals surface area contributed by atoms with E-state index >= 15 is 0 Å². The van der Waals surface area contributed by atoms with Crippen molar-refractivity contribution >= 4 is 23.8 Å². The van der Waals surface area contributed by atoms with Crippen molar-refractivity contribution in [2.75, 3.05) is 19.8 Å². The molecule has 1 amide bonds. The molecule has 0 spiro atoms. The van der Waals surface area contributed by atoms with Crippen LogP contribution in [0.2, 0.25) is 0 Å². The van der Waals surface area contributed by atoms with Crippen LogP contribution in [0.15, 0.2) is 0 Å². The summed E-state index contributed by atoms with van der Waals surface area (Å²) in [6, 6.07) is 0. The molecule has 5 atom stereocenters. The topological polar surface area (TPSA) is 147 Å².